The summed E-state index contributed by atoms with van der Waals surface area (Å²) in [7, 11) is 1.61. The molecule has 1 aromatic heterocycles. The molecule has 1 aromatic carbocycles. The van der Waals surface area contributed by atoms with Crippen LogP contribution in [0.4, 0.5) is 0 Å². The molecule has 27 heavy (non-hydrogen) atoms. The highest BCUT2D eigenvalue weighted by Crippen LogP contribution is 2.63. The Balaban J connectivity index is 1.63. The predicted octanol–water partition coefficient (Wildman–Crippen LogP) is 2.93. The summed E-state index contributed by atoms with van der Waals surface area (Å²) in [6.07, 6.45) is 2.88. The Morgan fingerprint density at radius 1 is 1.41 bits per heavy atom. The highest BCUT2D eigenvalue weighted by Gasteiger charge is 2.63. The standard InChI is InChI=1S/C21H27N3O3/c1-4-12(2)14-9-21(14)10-17(19(22)25)24(11-21)20(26)16-8-13-15(23-16)6-5-7-18(13)27-3/h5-8,12,14,17,23H,4,9-11H2,1-3H3,(H2,22,25). The molecule has 6 heteroatoms. The van der Waals surface area contributed by atoms with Gasteiger partial charge in [-0.1, -0.05) is 26.3 Å². The van der Waals surface area contributed by atoms with E-state index >= 15 is 0 Å². The Bertz CT molecular complexity index is 905. The van der Waals surface area contributed by atoms with E-state index in [1.165, 1.54) is 0 Å². The topological polar surface area (TPSA) is 88.4 Å². The maximum absolute atomic E-state index is 13.2. The van der Waals surface area contributed by atoms with E-state index in [0.717, 1.165) is 23.7 Å². The van der Waals surface area contributed by atoms with Crippen LogP contribution >= 0.6 is 0 Å². The van der Waals surface area contributed by atoms with Gasteiger partial charge < -0.3 is 20.4 Å². The van der Waals surface area contributed by atoms with Crippen molar-refractivity contribution < 1.29 is 14.3 Å². The first kappa shape index (κ1) is 17.9. The molecule has 2 aliphatic rings. The number of aromatic nitrogens is 1. The van der Waals surface area contributed by atoms with Crippen molar-refractivity contribution in [3.63, 3.8) is 0 Å². The fourth-order valence-corrected chi connectivity index (χ4v) is 4.94. The molecule has 4 rings (SSSR count). The normalized spacial score (nSPS) is 27.9. The van der Waals surface area contributed by atoms with Crippen LogP contribution in [0.3, 0.4) is 0 Å². The van der Waals surface area contributed by atoms with Gasteiger partial charge in [0.2, 0.25) is 5.91 Å². The molecule has 0 radical (unpaired) electrons. The van der Waals surface area contributed by atoms with Gasteiger partial charge in [0.15, 0.2) is 0 Å². The molecule has 4 atom stereocenters. The third-order valence-electron chi connectivity index (χ3n) is 6.71. The number of hydrogen-bond acceptors (Lipinski definition) is 3. The predicted molar refractivity (Wildman–Crippen MR) is 103 cm³/mol. The maximum Gasteiger partial charge on any atom is 0.271 e. The van der Waals surface area contributed by atoms with Gasteiger partial charge in [0.1, 0.15) is 17.5 Å². The van der Waals surface area contributed by atoms with Gasteiger partial charge in [-0.2, -0.15) is 0 Å². The minimum absolute atomic E-state index is 0.0640. The number of primary amides is 1. The van der Waals surface area contributed by atoms with Crippen LogP contribution < -0.4 is 10.5 Å². The van der Waals surface area contributed by atoms with Crippen molar-refractivity contribution in [1.82, 2.24) is 9.88 Å². The Hall–Kier alpha value is -2.50. The Kier molecular flexibility index (Phi) is 4.17. The summed E-state index contributed by atoms with van der Waals surface area (Å²) in [6.45, 7) is 5.06. The number of hydrogen-bond donors (Lipinski definition) is 2. The molecule has 1 aliphatic heterocycles. The molecule has 1 aliphatic carbocycles. The molecular weight excluding hydrogens is 342 g/mol. The van der Waals surface area contributed by atoms with E-state index in [1.54, 1.807) is 18.1 Å². The number of fused-ring (bicyclic) bond motifs is 1. The summed E-state index contributed by atoms with van der Waals surface area (Å²) in [5.41, 5.74) is 7.04. The second-order valence-electron chi connectivity index (χ2n) is 8.22. The van der Waals surface area contributed by atoms with E-state index in [-0.39, 0.29) is 11.3 Å². The third-order valence-corrected chi connectivity index (χ3v) is 6.71. The lowest BCUT2D eigenvalue weighted by molar-refractivity contribution is -0.121. The van der Waals surface area contributed by atoms with Crippen molar-refractivity contribution in [3.8, 4) is 5.75 Å². The Morgan fingerprint density at radius 3 is 2.85 bits per heavy atom. The highest BCUT2D eigenvalue weighted by atomic mass is 16.5. The minimum Gasteiger partial charge on any atom is -0.496 e. The molecule has 2 heterocycles. The van der Waals surface area contributed by atoms with Crippen LogP contribution in [-0.4, -0.2) is 41.4 Å². The molecule has 6 nitrogen and oxygen atoms in total. The molecule has 4 unspecified atom stereocenters. The number of amides is 2. The number of aromatic amines is 1. The van der Waals surface area contributed by atoms with Gasteiger partial charge in [0, 0.05) is 17.4 Å². The largest absolute Gasteiger partial charge is 0.496 e. The summed E-state index contributed by atoms with van der Waals surface area (Å²) in [4.78, 5) is 30.2. The lowest BCUT2D eigenvalue weighted by atomic mass is 9.92. The monoisotopic (exact) mass is 369 g/mol. The average molecular weight is 369 g/mol. The fraction of sp³-hybridized carbons (Fsp3) is 0.524. The number of nitrogens with zero attached hydrogens (tertiary/aromatic N) is 1. The van der Waals surface area contributed by atoms with Crippen molar-refractivity contribution >= 4 is 22.7 Å². The zero-order valence-electron chi connectivity index (χ0n) is 16.1. The van der Waals surface area contributed by atoms with Gasteiger partial charge in [0.25, 0.3) is 5.91 Å². The molecule has 0 bridgehead atoms. The number of carbonyl (C=O) groups is 2. The van der Waals surface area contributed by atoms with Crippen LogP contribution in [0.1, 0.15) is 43.6 Å². The van der Waals surface area contributed by atoms with E-state index in [9.17, 15) is 9.59 Å². The van der Waals surface area contributed by atoms with Crippen LogP contribution in [0.15, 0.2) is 24.3 Å². The summed E-state index contributed by atoms with van der Waals surface area (Å²) in [6, 6.07) is 6.93. The molecule has 1 spiro atoms. The van der Waals surface area contributed by atoms with Gasteiger partial charge in [0.05, 0.1) is 7.11 Å². The zero-order chi connectivity index (χ0) is 19.3. The van der Waals surface area contributed by atoms with Crippen LogP contribution in [-0.2, 0) is 4.79 Å². The quantitative estimate of drug-likeness (QED) is 0.849. The van der Waals surface area contributed by atoms with Gasteiger partial charge in [-0.25, -0.2) is 0 Å². The molecule has 2 aromatic rings. The van der Waals surface area contributed by atoms with Gasteiger partial charge >= 0.3 is 0 Å². The number of methoxy groups -OCH3 is 1. The summed E-state index contributed by atoms with van der Waals surface area (Å²) < 4.78 is 5.38. The van der Waals surface area contributed by atoms with Gasteiger partial charge in [-0.15, -0.1) is 0 Å². The van der Waals surface area contributed by atoms with Crippen LogP contribution in [0.25, 0.3) is 10.9 Å². The average Bonchev–Trinajstić information content (AvgIpc) is 3.02. The van der Waals surface area contributed by atoms with E-state index < -0.39 is 11.9 Å². The van der Waals surface area contributed by atoms with E-state index in [1.807, 2.05) is 18.2 Å². The molecule has 3 N–H and O–H groups in total. The van der Waals surface area contributed by atoms with E-state index in [0.29, 0.717) is 36.2 Å². The molecule has 1 saturated heterocycles. The second kappa shape index (κ2) is 6.29. The minimum atomic E-state index is -0.528. The Labute approximate surface area is 159 Å². The highest BCUT2D eigenvalue weighted by molar-refractivity contribution is 6.01. The number of H-pyrrole nitrogens is 1. The van der Waals surface area contributed by atoms with E-state index in [2.05, 4.69) is 18.8 Å². The molecule has 144 valence electrons. The van der Waals surface area contributed by atoms with Crippen molar-refractivity contribution in [1.29, 1.82) is 0 Å². The number of nitrogens with one attached hydrogen (secondary N) is 1. The molecule has 2 fully saturated rings. The first-order valence-corrected chi connectivity index (χ1v) is 9.66. The number of carbonyl (C=O) groups excluding carboxylic acids is 2. The molecular formula is C21H27N3O3. The lowest BCUT2D eigenvalue weighted by Crippen LogP contribution is -2.43. The van der Waals surface area contributed by atoms with E-state index in [4.69, 9.17) is 10.5 Å². The Morgan fingerprint density at radius 2 is 2.19 bits per heavy atom. The maximum atomic E-state index is 13.2. The number of rotatable bonds is 5. The number of benzene rings is 1. The van der Waals surface area contributed by atoms with Crippen molar-refractivity contribution in [2.24, 2.45) is 23.0 Å². The van der Waals surface area contributed by atoms with Crippen LogP contribution in [0.2, 0.25) is 0 Å². The molecule has 2 amide bonds. The first-order valence-electron chi connectivity index (χ1n) is 9.66. The first-order chi connectivity index (χ1) is 12.9. The van der Waals surface area contributed by atoms with Crippen LogP contribution in [0, 0.1) is 17.3 Å². The zero-order valence-corrected chi connectivity index (χ0v) is 16.1. The smallest absolute Gasteiger partial charge is 0.271 e. The van der Waals surface area contributed by atoms with Crippen molar-refractivity contribution in [3.05, 3.63) is 30.0 Å². The number of nitrogens with two attached hydrogens (primary N) is 1. The summed E-state index contributed by atoms with van der Waals surface area (Å²) >= 11 is 0. The van der Waals surface area contributed by atoms with Crippen molar-refractivity contribution in [2.45, 2.75) is 39.2 Å². The fourth-order valence-electron chi connectivity index (χ4n) is 4.94. The second-order valence-corrected chi connectivity index (χ2v) is 8.22. The molecule has 1 saturated carbocycles. The van der Waals surface area contributed by atoms with Gasteiger partial charge in [-0.3, -0.25) is 9.59 Å². The SMILES string of the molecule is CCC(C)C1CC12CC(C(N)=O)N(C(=O)c1cc3c(OC)cccc3[nH]1)C2. The number of likely N-dealkylation sites (tertiary alicyclic amines) is 1. The summed E-state index contributed by atoms with van der Waals surface area (Å²) in [5, 5.41) is 0.858. The van der Waals surface area contributed by atoms with Crippen molar-refractivity contribution in [2.75, 3.05) is 13.7 Å². The third kappa shape index (κ3) is 2.78. The lowest BCUT2D eigenvalue weighted by Gasteiger charge is -2.21. The van der Waals surface area contributed by atoms with Gasteiger partial charge in [-0.05, 0) is 48.3 Å². The number of ether oxygens (including phenoxy) is 1. The van der Waals surface area contributed by atoms with Crippen LogP contribution in [0.5, 0.6) is 5.75 Å². The summed E-state index contributed by atoms with van der Waals surface area (Å²) in [5.74, 6) is 1.31.